The Morgan fingerprint density at radius 2 is 2.00 bits per heavy atom. The molecular formula is C11H17NO4. The minimum absolute atomic E-state index is 0.0355. The predicted molar refractivity (Wildman–Crippen MR) is 57.6 cm³/mol. The van der Waals surface area contributed by atoms with Crippen molar-refractivity contribution in [2.24, 2.45) is 11.1 Å². The Hall–Kier alpha value is -1.36. The van der Waals surface area contributed by atoms with E-state index in [1.54, 1.807) is 20.8 Å². The van der Waals surface area contributed by atoms with Crippen LogP contribution in [0.1, 0.15) is 27.2 Å². The first-order chi connectivity index (χ1) is 7.09. The van der Waals surface area contributed by atoms with Crippen LogP contribution in [-0.2, 0) is 14.3 Å². The maximum absolute atomic E-state index is 11.9. The monoisotopic (exact) mass is 227 g/mol. The standard InChI is InChI=1S/C11H17NO4/c1-5-10(6-11(10,12)7(13)14)8(15)16-9(2,3)4/h5H,1,6,12H2,2-4H3,(H,13,14). The molecule has 1 rings (SSSR count). The van der Waals surface area contributed by atoms with E-state index in [1.165, 1.54) is 6.08 Å². The number of hydrogen-bond donors (Lipinski definition) is 2. The van der Waals surface area contributed by atoms with Crippen LogP contribution in [0.3, 0.4) is 0 Å². The van der Waals surface area contributed by atoms with Gasteiger partial charge in [-0.15, -0.1) is 6.58 Å². The Kier molecular flexibility index (Phi) is 2.63. The van der Waals surface area contributed by atoms with Crippen molar-refractivity contribution in [3.8, 4) is 0 Å². The Labute approximate surface area is 94.3 Å². The van der Waals surface area contributed by atoms with Gasteiger partial charge in [-0.25, -0.2) is 0 Å². The molecule has 1 saturated carbocycles. The number of nitrogens with two attached hydrogens (primary N) is 1. The second-order valence-corrected chi connectivity index (χ2v) is 5.13. The average Bonchev–Trinajstić information content (AvgIpc) is 2.72. The van der Waals surface area contributed by atoms with Gasteiger partial charge in [0, 0.05) is 0 Å². The molecule has 0 radical (unpaired) electrons. The van der Waals surface area contributed by atoms with Crippen LogP contribution in [0.2, 0.25) is 0 Å². The molecule has 0 bridgehead atoms. The van der Waals surface area contributed by atoms with Gasteiger partial charge < -0.3 is 15.6 Å². The second-order valence-electron chi connectivity index (χ2n) is 5.13. The number of rotatable bonds is 3. The molecule has 0 saturated heterocycles. The molecule has 16 heavy (non-hydrogen) atoms. The number of esters is 1. The lowest BCUT2D eigenvalue weighted by molar-refractivity contribution is -0.162. The topological polar surface area (TPSA) is 89.6 Å². The highest BCUT2D eigenvalue weighted by Gasteiger charge is 2.74. The lowest BCUT2D eigenvalue weighted by Gasteiger charge is -2.23. The van der Waals surface area contributed by atoms with Crippen molar-refractivity contribution in [2.45, 2.75) is 38.3 Å². The third-order valence-corrected chi connectivity index (χ3v) is 2.72. The number of ether oxygens (including phenoxy) is 1. The van der Waals surface area contributed by atoms with E-state index in [4.69, 9.17) is 15.6 Å². The Morgan fingerprint density at radius 3 is 2.25 bits per heavy atom. The third-order valence-electron chi connectivity index (χ3n) is 2.72. The van der Waals surface area contributed by atoms with Crippen molar-refractivity contribution in [1.82, 2.24) is 0 Å². The summed E-state index contributed by atoms with van der Waals surface area (Å²) in [6.07, 6.45) is 1.31. The molecule has 1 fully saturated rings. The molecule has 0 aliphatic heterocycles. The summed E-state index contributed by atoms with van der Waals surface area (Å²) in [5.41, 5.74) is 2.10. The zero-order valence-corrected chi connectivity index (χ0v) is 9.74. The number of aliphatic carboxylic acids is 1. The molecule has 1 aliphatic carbocycles. The summed E-state index contributed by atoms with van der Waals surface area (Å²) in [6.45, 7) is 8.61. The number of carboxylic acids is 1. The van der Waals surface area contributed by atoms with Crippen LogP contribution >= 0.6 is 0 Å². The van der Waals surface area contributed by atoms with Gasteiger partial charge in [0.1, 0.15) is 16.6 Å². The van der Waals surface area contributed by atoms with E-state index in [0.29, 0.717) is 0 Å². The lowest BCUT2D eigenvalue weighted by atomic mass is 10.00. The van der Waals surface area contributed by atoms with Gasteiger partial charge in [-0.05, 0) is 27.2 Å². The number of carbonyl (C=O) groups is 2. The van der Waals surface area contributed by atoms with Crippen LogP contribution < -0.4 is 5.73 Å². The van der Waals surface area contributed by atoms with Gasteiger partial charge in [0.2, 0.25) is 0 Å². The number of hydrogen-bond acceptors (Lipinski definition) is 4. The summed E-state index contributed by atoms with van der Waals surface area (Å²) >= 11 is 0. The molecule has 2 atom stereocenters. The summed E-state index contributed by atoms with van der Waals surface area (Å²) in [6, 6.07) is 0. The van der Waals surface area contributed by atoms with Crippen molar-refractivity contribution in [1.29, 1.82) is 0 Å². The number of carbonyl (C=O) groups excluding carboxylic acids is 1. The number of carboxylic acid groups (broad SMARTS) is 1. The van der Waals surface area contributed by atoms with Crippen molar-refractivity contribution in [3.05, 3.63) is 12.7 Å². The predicted octanol–water partition coefficient (Wildman–Crippen LogP) is 0.686. The molecule has 0 aromatic carbocycles. The summed E-state index contributed by atoms with van der Waals surface area (Å²) in [7, 11) is 0. The fourth-order valence-corrected chi connectivity index (χ4v) is 1.62. The molecule has 3 N–H and O–H groups in total. The van der Waals surface area contributed by atoms with Gasteiger partial charge in [-0.1, -0.05) is 6.08 Å². The van der Waals surface area contributed by atoms with Crippen molar-refractivity contribution < 1.29 is 19.4 Å². The Bertz CT molecular complexity index is 357. The van der Waals surface area contributed by atoms with Crippen LogP contribution in [-0.4, -0.2) is 28.2 Å². The summed E-state index contributed by atoms with van der Waals surface area (Å²) in [4.78, 5) is 22.8. The van der Waals surface area contributed by atoms with E-state index >= 15 is 0 Å². The Morgan fingerprint density at radius 1 is 1.50 bits per heavy atom. The van der Waals surface area contributed by atoms with Gasteiger partial charge in [0.15, 0.2) is 0 Å². The van der Waals surface area contributed by atoms with Crippen molar-refractivity contribution >= 4 is 11.9 Å². The maximum atomic E-state index is 11.9. The lowest BCUT2D eigenvalue weighted by Crippen LogP contribution is -2.43. The highest BCUT2D eigenvalue weighted by atomic mass is 16.6. The highest BCUT2D eigenvalue weighted by Crippen LogP contribution is 2.56. The van der Waals surface area contributed by atoms with E-state index in [9.17, 15) is 9.59 Å². The van der Waals surface area contributed by atoms with Gasteiger partial charge in [0.25, 0.3) is 0 Å². The molecule has 0 amide bonds. The second kappa shape index (κ2) is 3.31. The van der Waals surface area contributed by atoms with Crippen LogP contribution in [0.25, 0.3) is 0 Å². The van der Waals surface area contributed by atoms with E-state index in [1.807, 2.05) is 0 Å². The van der Waals surface area contributed by atoms with E-state index in [-0.39, 0.29) is 6.42 Å². The van der Waals surface area contributed by atoms with E-state index < -0.39 is 28.5 Å². The molecule has 5 heteroatoms. The zero-order chi connectivity index (χ0) is 12.8. The first-order valence-corrected chi connectivity index (χ1v) is 4.98. The SMILES string of the molecule is C=CC1(C(=O)OC(C)(C)C)CC1(N)C(=O)O. The minimum atomic E-state index is -1.57. The molecule has 2 unspecified atom stereocenters. The molecule has 90 valence electrons. The zero-order valence-electron chi connectivity index (χ0n) is 9.74. The Balaban J connectivity index is 2.91. The summed E-state index contributed by atoms with van der Waals surface area (Å²) < 4.78 is 5.15. The van der Waals surface area contributed by atoms with Crippen molar-refractivity contribution in [2.75, 3.05) is 0 Å². The van der Waals surface area contributed by atoms with E-state index in [2.05, 4.69) is 6.58 Å². The maximum Gasteiger partial charge on any atom is 0.325 e. The van der Waals surface area contributed by atoms with Gasteiger partial charge in [-0.2, -0.15) is 0 Å². The minimum Gasteiger partial charge on any atom is -0.480 e. The van der Waals surface area contributed by atoms with Crippen LogP contribution in [0.5, 0.6) is 0 Å². The molecule has 0 aromatic heterocycles. The molecule has 1 aliphatic rings. The normalized spacial score (nSPS) is 33.0. The molecular weight excluding hydrogens is 210 g/mol. The van der Waals surface area contributed by atoms with Crippen LogP contribution in [0.15, 0.2) is 12.7 Å². The smallest absolute Gasteiger partial charge is 0.325 e. The van der Waals surface area contributed by atoms with Crippen LogP contribution in [0, 0.1) is 5.41 Å². The highest BCUT2D eigenvalue weighted by molar-refractivity contribution is 5.99. The molecule has 5 nitrogen and oxygen atoms in total. The first kappa shape index (κ1) is 12.7. The van der Waals surface area contributed by atoms with Gasteiger partial charge >= 0.3 is 11.9 Å². The van der Waals surface area contributed by atoms with Gasteiger partial charge in [0.05, 0.1) is 0 Å². The average molecular weight is 227 g/mol. The third kappa shape index (κ3) is 1.71. The first-order valence-electron chi connectivity index (χ1n) is 4.98. The van der Waals surface area contributed by atoms with Crippen molar-refractivity contribution in [3.63, 3.8) is 0 Å². The molecule has 0 spiro atoms. The molecule has 0 heterocycles. The largest absolute Gasteiger partial charge is 0.480 e. The quantitative estimate of drug-likeness (QED) is 0.546. The molecule has 0 aromatic rings. The summed E-state index contributed by atoms with van der Waals surface area (Å²) in [5, 5.41) is 8.95. The fraction of sp³-hybridized carbons (Fsp3) is 0.636. The van der Waals surface area contributed by atoms with E-state index in [0.717, 1.165) is 0 Å². The fourth-order valence-electron chi connectivity index (χ4n) is 1.62. The van der Waals surface area contributed by atoms with Crippen LogP contribution in [0.4, 0.5) is 0 Å². The van der Waals surface area contributed by atoms with Gasteiger partial charge in [-0.3, -0.25) is 9.59 Å². The summed E-state index contributed by atoms with van der Waals surface area (Å²) in [5.74, 6) is -1.84.